The fraction of sp³-hybridized carbons (Fsp3) is 0.353. The molecule has 8 heteroatoms. The molecule has 3 rings (SSSR count). The highest BCUT2D eigenvalue weighted by Gasteiger charge is 2.35. The minimum Gasteiger partial charge on any atom is -0.466 e. The molecular weight excluding hydrogens is 328 g/mol. The van der Waals surface area contributed by atoms with Crippen molar-refractivity contribution in [3.63, 3.8) is 0 Å². The number of rotatable bonds is 3. The first-order valence-corrected chi connectivity index (χ1v) is 7.62. The molecule has 8 nitrogen and oxygen atoms in total. The summed E-state index contributed by atoms with van der Waals surface area (Å²) in [6.07, 6.45) is 0. The number of carbonyl (C=O) groups is 3. The van der Waals surface area contributed by atoms with Crippen LogP contribution in [-0.2, 0) is 30.3 Å². The van der Waals surface area contributed by atoms with Gasteiger partial charge in [-0.25, -0.2) is 9.59 Å². The van der Waals surface area contributed by atoms with Gasteiger partial charge in [0.25, 0.3) is 5.91 Å². The Bertz CT molecular complexity index is 785. The molecule has 0 saturated carbocycles. The molecule has 2 heterocycles. The molecule has 1 amide bonds. The van der Waals surface area contributed by atoms with Crippen molar-refractivity contribution in [3.8, 4) is 0 Å². The highest BCUT2D eigenvalue weighted by molar-refractivity contribution is 6.05. The highest BCUT2D eigenvalue weighted by atomic mass is 16.5. The zero-order valence-electron chi connectivity index (χ0n) is 14.2. The van der Waals surface area contributed by atoms with E-state index in [0.29, 0.717) is 17.8 Å². The Labute approximate surface area is 144 Å². The molecule has 0 unspecified atom stereocenters. The van der Waals surface area contributed by atoms with Gasteiger partial charge in [0.15, 0.2) is 0 Å². The second kappa shape index (κ2) is 6.56. The van der Waals surface area contributed by atoms with Gasteiger partial charge in [-0.15, -0.1) is 0 Å². The molecule has 0 atom stereocenters. The minimum atomic E-state index is -0.668. The molecule has 0 fully saturated rings. The van der Waals surface area contributed by atoms with Gasteiger partial charge in [0.05, 0.1) is 26.4 Å². The molecule has 2 aliphatic heterocycles. The summed E-state index contributed by atoms with van der Waals surface area (Å²) < 4.78 is 15.1. The van der Waals surface area contributed by atoms with Gasteiger partial charge >= 0.3 is 11.9 Å². The van der Waals surface area contributed by atoms with Crippen LogP contribution in [0, 0.1) is 0 Å². The third-order valence-electron chi connectivity index (χ3n) is 4.25. The maximum absolute atomic E-state index is 12.3. The molecule has 0 aliphatic carbocycles. The second-order valence-electron chi connectivity index (χ2n) is 5.68. The number of nitrogens with zero attached hydrogens (tertiary/aromatic N) is 2. The third-order valence-corrected chi connectivity index (χ3v) is 4.25. The van der Waals surface area contributed by atoms with Gasteiger partial charge in [-0.2, -0.15) is 0 Å². The maximum Gasteiger partial charge on any atom is 0.355 e. The second-order valence-corrected chi connectivity index (χ2v) is 5.68. The Morgan fingerprint density at radius 1 is 1.16 bits per heavy atom. The minimum absolute atomic E-state index is 0.0541. The van der Waals surface area contributed by atoms with Crippen molar-refractivity contribution < 1.29 is 28.6 Å². The number of hydrogen-bond donors (Lipinski definition) is 0. The fourth-order valence-electron chi connectivity index (χ4n) is 3.04. The predicted molar refractivity (Wildman–Crippen MR) is 86.6 cm³/mol. The van der Waals surface area contributed by atoms with E-state index in [2.05, 4.69) is 0 Å². The summed E-state index contributed by atoms with van der Waals surface area (Å²) in [4.78, 5) is 39.8. The Hall–Kier alpha value is -2.87. The normalized spacial score (nSPS) is 16.8. The molecule has 1 aromatic carbocycles. The molecule has 0 bridgehead atoms. The summed E-state index contributed by atoms with van der Waals surface area (Å²) in [7, 11) is 4.18. The summed E-state index contributed by atoms with van der Waals surface area (Å²) in [5, 5.41) is 0. The van der Waals surface area contributed by atoms with Crippen molar-refractivity contribution in [2.45, 2.75) is 6.54 Å². The summed E-state index contributed by atoms with van der Waals surface area (Å²) >= 11 is 0. The number of fused-ring (bicyclic) bond motifs is 1. The van der Waals surface area contributed by atoms with Crippen LogP contribution in [0.15, 0.2) is 29.5 Å². The van der Waals surface area contributed by atoms with Crippen molar-refractivity contribution in [2.24, 2.45) is 0 Å². The van der Waals surface area contributed by atoms with Gasteiger partial charge in [0, 0.05) is 30.4 Å². The Balaban J connectivity index is 2.15. The van der Waals surface area contributed by atoms with E-state index in [1.807, 2.05) is 0 Å². The molecule has 25 heavy (non-hydrogen) atoms. The number of esters is 2. The van der Waals surface area contributed by atoms with E-state index in [1.165, 1.54) is 14.2 Å². The van der Waals surface area contributed by atoms with Crippen LogP contribution in [0.1, 0.15) is 15.9 Å². The first kappa shape index (κ1) is 17.0. The van der Waals surface area contributed by atoms with Crippen LogP contribution in [0.2, 0.25) is 0 Å². The highest BCUT2D eigenvalue weighted by Crippen LogP contribution is 2.35. The number of hydrogen-bond acceptors (Lipinski definition) is 7. The SMILES string of the molecule is COC(=O)C1=C(C(=O)OC)N(c2cccc3c2CN(C)C3=O)COC1. The van der Waals surface area contributed by atoms with E-state index >= 15 is 0 Å². The molecule has 0 N–H and O–H groups in total. The molecule has 132 valence electrons. The number of carbonyl (C=O) groups excluding carboxylic acids is 3. The van der Waals surface area contributed by atoms with Gasteiger partial charge in [-0.3, -0.25) is 4.79 Å². The first-order chi connectivity index (χ1) is 12.0. The number of methoxy groups -OCH3 is 2. The van der Waals surface area contributed by atoms with E-state index in [9.17, 15) is 14.4 Å². The van der Waals surface area contributed by atoms with E-state index in [-0.39, 0.29) is 30.5 Å². The van der Waals surface area contributed by atoms with E-state index in [0.717, 1.165) is 5.56 Å². The zero-order chi connectivity index (χ0) is 18.1. The number of anilines is 1. The largest absolute Gasteiger partial charge is 0.466 e. The van der Waals surface area contributed by atoms with Crippen molar-refractivity contribution >= 4 is 23.5 Å². The van der Waals surface area contributed by atoms with Gasteiger partial charge in [-0.1, -0.05) is 6.07 Å². The Kier molecular flexibility index (Phi) is 4.45. The van der Waals surface area contributed by atoms with Crippen molar-refractivity contribution in [1.82, 2.24) is 4.90 Å². The van der Waals surface area contributed by atoms with Gasteiger partial charge in [0.2, 0.25) is 0 Å². The molecule has 0 aromatic heterocycles. The summed E-state index contributed by atoms with van der Waals surface area (Å²) in [6.45, 7) is 0.406. The fourth-order valence-corrected chi connectivity index (χ4v) is 3.04. The van der Waals surface area contributed by atoms with E-state index in [1.54, 1.807) is 35.0 Å². The summed E-state index contributed by atoms with van der Waals surface area (Å²) in [5.41, 5.74) is 2.10. The first-order valence-electron chi connectivity index (χ1n) is 7.62. The lowest BCUT2D eigenvalue weighted by molar-refractivity contribution is -0.140. The van der Waals surface area contributed by atoms with Crippen LogP contribution in [0.3, 0.4) is 0 Å². The standard InChI is InChI=1S/C17H18N2O6/c1-18-7-11-10(15(18)20)5-4-6-13(11)19-9-25-8-12(16(21)23-2)14(19)17(22)24-3/h4-6H,7-9H2,1-3H3. The molecule has 1 aromatic rings. The summed E-state index contributed by atoms with van der Waals surface area (Å²) in [6, 6.07) is 5.24. The van der Waals surface area contributed by atoms with E-state index in [4.69, 9.17) is 14.2 Å². The van der Waals surface area contributed by atoms with Gasteiger partial charge in [-0.05, 0) is 12.1 Å². The average molecular weight is 346 g/mol. The van der Waals surface area contributed by atoms with E-state index < -0.39 is 11.9 Å². The lowest BCUT2D eigenvalue weighted by Crippen LogP contribution is -2.39. The van der Waals surface area contributed by atoms with Gasteiger partial charge < -0.3 is 24.0 Å². The number of amides is 1. The van der Waals surface area contributed by atoms with Crippen LogP contribution >= 0.6 is 0 Å². The quantitative estimate of drug-likeness (QED) is 0.744. The van der Waals surface area contributed by atoms with Crippen molar-refractivity contribution in [3.05, 3.63) is 40.6 Å². The Morgan fingerprint density at radius 2 is 1.88 bits per heavy atom. The van der Waals surface area contributed by atoms with Gasteiger partial charge in [0.1, 0.15) is 12.4 Å². The molecule has 0 spiro atoms. The zero-order valence-corrected chi connectivity index (χ0v) is 14.2. The molecular formula is C17H18N2O6. The van der Waals surface area contributed by atoms with Crippen LogP contribution in [0.5, 0.6) is 0 Å². The predicted octanol–water partition coefficient (Wildman–Crippen LogP) is 0.666. The van der Waals surface area contributed by atoms with Crippen LogP contribution in [0.4, 0.5) is 5.69 Å². The maximum atomic E-state index is 12.3. The van der Waals surface area contributed by atoms with Crippen LogP contribution < -0.4 is 4.90 Å². The molecule has 0 saturated heterocycles. The smallest absolute Gasteiger partial charge is 0.355 e. The van der Waals surface area contributed by atoms with Crippen molar-refractivity contribution in [1.29, 1.82) is 0 Å². The lowest BCUT2D eigenvalue weighted by Gasteiger charge is -2.32. The molecule has 0 radical (unpaired) electrons. The van der Waals surface area contributed by atoms with Crippen LogP contribution in [-0.4, -0.2) is 57.4 Å². The van der Waals surface area contributed by atoms with Crippen molar-refractivity contribution in [2.75, 3.05) is 39.5 Å². The monoisotopic (exact) mass is 346 g/mol. The summed E-state index contributed by atoms with van der Waals surface area (Å²) in [5.74, 6) is -1.42. The number of ether oxygens (including phenoxy) is 3. The number of benzene rings is 1. The third kappa shape index (κ3) is 2.74. The topological polar surface area (TPSA) is 85.4 Å². The van der Waals surface area contributed by atoms with Crippen LogP contribution in [0.25, 0.3) is 0 Å². The Morgan fingerprint density at radius 3 is 2.56 bits per heavy atom. The lowest BCUT2D eigenvalue weighted by atomic mass is 10.1. The molecule has 2 aliphatic rings. The average Bonchev–Trinajstić information content (AvgIpc) is 2.94.